The van der Waals surface area contributed by atoms with E-state index in [2.05, 4.69) is 27.5 Å². The van der Waals surface area contributed by atoms with E-state index in [1.54, 1.807) is 17.1 Å². The molecule has 0 aliphatic heterocycles. The molecule has 1 amide bonds. The van der Waals surface area contributed by atoms with Crippen LogP contribution in [0.25, 0.3) is 11.1 Å². The molecule has 2 aliphatic rings. The first-order valence-corrected chi connectivity index (χ1v) is 10.2. The number of hydrogen-bond acceptors (Lipinski definition) is 5. The molecule has 2 aliphatic carbocycles. The molecule has 1 unspecified atom stereocenters. The average Bonchev–Trinajstić information content (AvgIpc) is 3.61. The Morgan fingerprint density at radius 1 is 1.36 bits per heavy atom. The van der Waals surface area contributed by atoms with E-state index in [1.807, 2.05) is 6.07 Å². The fourth-order valence-electron chi connectivity index (χ4n) is 3.58. The number of aromatic nitrogens is 4. The van der Waals surface area contributed by atoms with Crippen molar-refractivity contribution in [2.24, 2.45) is 5.92 Å². The van der Waals surface area contributed by atoms with Crippen LogP contribution in [0.2, 0.25) is 5.02 Å². The summed E-state index contributed by atoms with van der Waals surface area (Å²) in [6.45, 7) is 3.30. The highest BCUT2D eigenvalue weighted by molar-refractivity contribution is 6.30. The van der Waals surface area contributed by atoms with Crippen LogP contribution in [0, 0.1) is 5.92 Å². The molecule has 0 aromatic carbocycles. The van der Waals surface area contributed by atoms with Gasteiger partial charge in [-0.1, -0.05) is 23.7 Å². The summed E-state index contributed by atoms with van der Waals surface area (Å²) in [5, 5.41) is 12.9. The molecule has 2 fully saturated rings. The zero-order chi connectivity index (χ0) is 19.3. The number of carbonyl (C=O) groups excluding carboxylic acids is 1. The Kier molecular flexibility index (Phi) is 4.34. The smallest absolute Gasteiger partial charge is 0.259 e. The van der Waals surface area contributed by atoms with E-state index in [4.69, 9.17) is 16.1 Å². The van der Waals surface area contributed by atoms with Gasteiger partial charge in [0.15, 0.2) is 0 Å². The Hall–Kier alpha value is -2.41. The monoisotopic (exact) mass is 399 g/mol. The average molecular weight is 400 g/mol. The maximum atomic E-state index is 13.1. The number of fused-ring (bicyclic) bond motifs is 1. The molecule has 1 N–H and O–H groups in total. The number of carbonyl (C=O) groups is 1. The standard InChI is InChI=1S/C20H22ClN5O2/c1-11(9-26-10-14(21)8-23-26)7-22-19(27)15-6-16(12-2-3-12)24-20-17(15)18(25-28-20)13-4-5-13/h6,8,10-13H,2-5,7,9H2,1H3,(H,22,27). The Balaban J connectivity index is 1.36. The highest BCUT2D eigenvalue weighted by atomic mass is 35.5. The Morgan fingerprint density at radius 3 is 2.82 bits per heavy atom. The molecule has 0 bridgehead atoms. The number of nitrogens with zero attached hydrogens (tertiary/aromatic N) is 4. The number of hydrogen-bond donors (Lipinski definition) is 1. The van der Waals surface area contributed by atoms with Crippen molar-refractivity contribution >= 4 is 28.6 Å². The third kappa shape index (κ3) is 3.51. The normalized spacial score (nSPS) is 17.8. The fourth-order valence-corrected chi connectivity index (χ4v) is 3.74. The van der Waals surface area contributed by atoms with E-state index in [0.29, 0.717) is 41.2 Å². The molecular weight excluding hydrogens is 378 g/mol. The Morgan fingerprint density at radius 2 is 2.14 bits per heavy atom. The van der Waals surface area contributed by atoms with Crippen molar-refractivity contribution in [3.8, 4) is 0 Å². The number of amides is 1. The molecule has 5 rings (SSSR count). The van der Waals surface area contributed by atoms with Crippen molar-refractivity contribution in [1.82, 2.24) is 25.2 Å². The van der Waals surface area contributed by atoms with Gasteiger partial charge in [0, 0.05) is 36.8 Å². The number of rotatable bonds is 7. The number of nitrogens with one attached hydrogen (secondary N) is 1. The molecule has 0 saturated heterocycles. The van der Waals surface area contributed by atoms with Gasteiger partial charge in [0.25, 0.3) is 11.6 Å². The van der Waals surface area contributed by atoms with Crippen molar-refractivity contribution in [2.45, 2.75) is 51.0 Å². The number of halogens is 1. The third-order valence-electron chi connectivity index (χ3n) is 5.41. The van der Waals surface area contributed by atoms with E-state index in [0.717, 1.165) is 42.5 Å². The summed E-state index contributed by atoms with van der Waals surface area (Å²) in [6.07, 6.45) is 7.82. The first-order valence-electron chi connectivity index (χ1n) is 9.85. The van der Waals surface area contributed by atoms with Gasteiger partial charge in [0.05, 0.1) is 27.9 Å². The van der Waals surface area contributed by atoms with Gasteiger partial charge in [-0.2, -0.15) is 5.10 Å². The molecule has 2 saturated carbocycles. The highest BCUT2D eigenvalue weighted by Crippen LogP contribution is 2.45. The van der Waals surface area contributed by atoms with Crippen LogP contribution in [0.5, 0.6) is 0 Å². The van der Waals surface area contributed by atoms with E-state index in [-0.39, 0.29) is 11.8 Å². The second-order valence-corrected chi connectivity index (χ2v) is 8.52. The van der Waals surface area contributed by atoms with Gasteiger partial charge < -0.3 is 9.84 Å². The van der Waals surface area contributed by atoms with Crippen LogP contribution in [0.3, 0.4) is 0 Å². The van der Waals surface area contributed by atoms with Crippen molar-refractivity contribution in [3.63, 3.8) is 0 Å². The lowest BCUT2D eigenvalue weighted by Crippen LogP contribution is -2.30. The quantitative estimate of drug-likeness (QED) is 0.651. The SMILES string of the molecule is CC(CNC(=O)c1cc(C2CC2)nc2onc(C3CC3)c12)Cn1cc(Cl)cn1. The number of pyridine rings is 1. The Bertz CT molecular complexity index is 1030. The van der Waals surface area contributed by atoms with Gasteiger partial charge >= 0.3 is 0 Å². The summed E-state index contributed by atoms with van der Waals surface area (Å²) < 4.78 is 7.29. The van der Waals surface area contributed by atoms with Crippen LogP contribution in [0.15, 0.2) is 23.0 Å². The lowest BCUT2D eigenvalue weighted by molar-refractivity contribution is 0.0948. The lowest BCUT2D eigenvalue weighted by atomic mass is 10.0. The lowest BCUT2D eigenvalue weighted by Gasteiger charge is -2.13. The van der Waals surface area contributed by atoms with Crippen molar-refractivity contribution in [2.75, 3.05) is 6.54 Å². The van der Waals surface area contributed by atoms with Crippen LogP contribution in [-0.2, 0) is 6.54 Å². The first-order chi connectivity index (χ1) is 13.6. The molecule has 7 nitrogen and oxygen atoms in total. The topological polar surface area (TPSA) is 85.8 Å². The second-order valence-electron chi connectivity index (χ2n) is 8.09. The molecule has 28 heavy (non-hydrogen) atoms. The van der Waals surface area contributed by atoms with Crippen molar-refractivity contribution in [1.29, 1.82) is 0 Å². The largest absolute Gasteiger partial charge is 0.352 e. The van der Waals surface area contributed by atoms with E-state index in [1.165, 1.54) is 0 Å². The predicted octanol–water partition coefficient (Wildman–Crippen LogP) is 3.89. The molecule has 3 heterocycles. The summed E-state index contributed by atoms with van der Waals surface area (Å²) >= 11 is 5.91. The van der Waals surface area contributed by atoms with Crippen LogP contribution >= 0.6 is 11.6 Å². The molecular formula is C20H22ClN5O2. The molecule has 3 aromatic rings. The molecule has 146 valence electrons. The molecule has 1 atom stereocenters. The van der Waals surface area contributed by atoms with Gasteiger partial charge in [-0.15, -0.1) is 0 Å². The van der Waals surface area contributed by atoms with Gasteiger partial charge in [-0.25, -0.2) is 4.98 Å². The van der Waals surface area contributed by atoms with Crippen LogP contribution < -0.4 is 5.32 Å². The third-order valence-corrected chi connectivity index (χ3v) is 5.60. The maximum Gasteiger partial charge on any atom is 0.259 e. The minimum Gasteiger partial charge on any atom is -0.352 e. The van der Waals surface area contributed by atoms with E-state index in [9.17, 15) is 4.79 Å². The van der Waals surface area contributed by atoms with Crippen molar-refractivity contribution in [3.05, 3.63) is 40.4 Å². The minimum atomic E-state index is -0.0928. The Labute approximate surface area is 167 Å². The molecule has 3 aromatic heterocycles. The van der Waals surface area contributed by atoms with E-state index >= 15 is 0 Å². The van der Waals surface area contributed by atoms with Gasteiger partial charge in [-0.05, 0) is 37.7 Å². The molecule has 8 heteroatoms. The summed E-state index contributed by atoms with van der Waals surface area (Å²) in [5.41, 5.74) is 2.96. The highest BCUT2D eigenvalue weighted by Gasteiger charge is 2.34. The molecule has 0 radical (unpaired) electrons. The van der Waals surface area contributed by atoms with Crippen molar-refractivity contribution < 1.29 is 9.32 Å². The summed E-state index contributed by atoms with van der Waals surface area (Å²) in [4.78, 5) is 17.7. The second kappa shape index (κ2) is 6.88. The zero-order valence-electron chi connectivity index (χ0n) is 15.7. The summed E-state index contributed by atoms with van der Waals surface area (Å²) in [5.74, 6) is 0.953. The predicted molar refractivity (Wildman–Crippen MR) is 104 cm³/mol. The first kappa shape index (κ1) is 17.7. The van der Waals surface area contributed by atoms with Crippen LogP contribution in [0.4, 0.5) is 0 Å². The van der Waals surface area contributed by atoms with Gasteiger partial charge in [-0.3, -0.25) is 9.48 Å². The zero-order valence-corrected chi connectivity index (χ0v) is 16.4. The molecule has 0 spiro atoms. The van der Waals surface area contributed by atoms with E-state index < -0.39 is 0 Å². The maximum absolute atomic E-state index is 13.1. The fraction of sp³-hybridized carbons (Fsp3) is 0.500. The van der Waals surface area contributed by atoms with Gasteiger partial charge in [0.1, 0.15) is 0 Å². The minimum absolute atomic E-state index is 0.0928. The van der Waals surface area contributed by atoms with Crippen LogP contribution in [-0.4, -0.2) is 32.4 Å². The summed E-state index contributed by atoms with van der Waals surface area (Å²) in [7, 11) is 0. The summed E-state index contributed by atoms with van der Waals surface area (Å²) in [6, 6.07) is 1.94. The van der Waals surface area contributed by atoms with Crippen LogP contribution in [0.1, 0.15) is 66.2 Å². The van der Waals surface area contributed by atoms with Gasteiger partial charge in [0.2, 0.25) is 0 Å².